The second kappa shape index (κ2) is 11.7. The van der Waals surface area contributed by atoms with Gasteiger partial charge in [0, 0.05) is 26.2 Å². The molecule has 2 saturated heterocycles. The number of aryl methyl sites for hydroxylation is 1. The molecule has 2 aliphatic heterocycles. The number of anilines is 3. The Morgan fingerprint density at radius 1 is 0.806 bits per heavy atom. The van der Waals surface area contributed by atoms with Crippen LogP contribution in [0.5, 0.6) is 11.5 Å². The van der Waals surface area contributed by atoms with Gasteiger partial charge in [0.25, 0.3) is 0 Å². The van der Waals surface area contributed by atoms with E-state index in [0.29, 0.717) is 19.2 Å². The Morgan fingerprint density at radius 3 is 2.06 bits per heavy atom. The van der Waals surface area contributed by atoms with Gasteiger partial charge in [-0.3, -0.25) is 0 Å². The lowest BCUT2D eigenvalue weighted by molar-refractivity contribution is 0.216. The highest BCUT2D eigenvalue weighted by Crippen LogP contribution is 2.23. The van der Waals surface area contributed by atoms with E-state index in [-0.39, 0.29) is 0 Å². The van der Waals surface area contributed by atoms with Gasteiger partial charge in [-0.05, 0) is 74.1 Å². The first-order chi connectivity index (χ1) is 17.7. The molecule has 1 N–H and O–H groups in total. The first-order valence-electron chi connectivity index (χ1n) is 12.7. The van der Waals surface area contributed by atoms with Crippen molar-refractivity contribution in [3.63, 3.8) is 0 Å². The van der Waals surface area contributed by atoms with Crippen molar-refractivity contribution >= 4 is 24.1 Å². The Balaban J connectivity index is 1.15. The molecule has 2 aromatic carbocycles. The smallest absolute Gasteiger partial charge is 0.250 e. The Bertz CT molecular complexity index is 1120. The predicted molar refractivity (Wildman–Crippen MR) is 143 cm³/mol. The number of nitrogens with zero attached hydrogens (tertiary/aromatic N) is 6. The van der Waals surface area contributed by atoms with Crippen LogP contribution in [0, 0.1) is 6.92 Å². The summed E-state index contributed by atoms with van der Waals surface area (Å²) in [6, 6.07) is 15.7. The van der Waals surface area contributed by atoms with Crippen LogP contribution in [-0.4, -0.2) is 60.6 Å². The zero-order valence-electron chi connectivity index (χ0n) is 20.8. The van der Waals surface area contributed by atoms with Crippen molar-refractivity contribution in [1.82, 2.24) is 15.0 Å². The molecule has 2 fully saturated rings. The summed E-state index contributed by atoms with van der Waals surface area (Å²) in [7, 11) is 0. The normalized spacial score (nSPS) is 15.6. The number of aromatic nitrogens is 3. The van der Waals surface area contributed by atoms with Gasteiger partial charge in [-0.15, -0.1) is 0 Å². The van der Waals surface area contributed by atoms with Crippen LogP contribution in [0.1, 0.15) is 36.8 Å². The molecule has 0 spiro atoms. The number of hydrazone groups is 1. The first-order valence-corrected chi connectivity index (χ1v) is 12.7. The molecule has 0 unspecified atom stereocenters. The Hall–Kier alpha value is -3.88. The van der Waals surface area contributed by atoms with Crippen molar-refractivity contribution in [1.29, 1.82) is 0 Å². The minimum atomic E-state index is 0.471. The highest BCUT2D eigenvalue weighted by atomic mass is 16.5. The van der Waals surface area contributed by atoms with Crippen molar-refractivity contribution in [2.24, 2.45) is 5.10 Å². The lowest BCUT2D eigenvalue weighted by Gasteiger charge is -2.20. The van der Waals surface area contributed by atoms with Crippen LogP contribution in [0.4, 0.5) is 17.8 Å². The van der Waals surface area contributed by atoms with Crippen LogP contribution < -0.4 is 24.7 Å². The zero-order chi connectivity index (χ0) is 24.6. The molecule has 0 amide bonds. The van der Waals surface area contributed by atoms with E-state index in [0.717, 1.165) is 60.7 Å². The van der Waals surface area contributed by atoms with Gasteiger partial charge < -0.3 is 19.3 Å². The lowest BCUT2D eigenvalue weighted by Crippen LogP contribution is -2.25. The van der Waals surface area contributed by atoms with E-state index in [1.807, 2.05) is 55.5 Å². The van der Waals surface area contributed by atoms with Crippen molar-refractivity contribution in [3.8, 4) is 11.5 Å². The fourth-order valence-electron chi connectivity index (χ4n) is 4.37. The maximum Gasteiger partial charge on any atom is 0.250 e. The number of rotatable bonds is 10. The van der Waals surface area contributed by atoms with E-state index in [2.05, 4.69) is 30.3 Å². The molecule has 9 nitrogen and oxygen atoms in total. The maximum absolute atomic E-state index is 5.80. The molecule has 3 heterocycles. The molecule has 0 aliphatic carbocycles. The summed E-state index contributed by atoms with van der Waals surface area (Å²) >= 11 is 0. The molecule has 3 aromatic rings. The van der Waals surface area contributed by atoms with E-state index in [4.69, 9.17) is 14.5 Å². The summed E-state index contributed by atoms with van der Waals surface area (Å²) in [4.78, 5) is 18.4. The molecule has 5 rings (SSSR count). The topological polar surface area (TPSA) is 88.0 Å². The molecule has 0 radical (unpaired) electrons. The molecule has 36 heavy (non-hydrogen) atoms. The van der Waals surface area contributed by atoms with Gasteiger partial charge in [-0.1, -0.05) is 18.2 Å². The third-order valence-corrected chi connectivity index (χ3v) is 6.35. The second-order valence-electron chi connectivity index (χ2n) is 9.05. The summed E-state index contributed by atoms with van der Waals surface area (Å²) in [6.07, 6.45) is 6.44. The third-order valence-electron chi connectivity index (χ3n) is 6.35. The van der Waals surface area contributed by atoms with Crippen molar-refractivity contribution in [2.75, 3.05) is 54.6 Å². The van der Waals surface area contributed by atoms with Gasteiger partial charge in [0.2, 0.25) is 17.8 Å². The molecule has 2 aliphatic rings. The molecule has 188 valence electrons. The van der Waals surface area contributed by atoms with Crippen molar-refractivity contribution < 1.29 is 9.47 Å². The monoisotopic (exact) mass is 487 g/mol. The van der Waals surface area contributed by atoms with Crippen LogP contribution in [0.15, 0.2) is 53.6 Å². The molecule has 0 atom stereocenters. The van der Waals surface area contributed by atoms with Crippen LogP contribution in [0.3, 0.4) is 0 Å². The molecule has 1 aromatic heterocycles. The lowest BCUT2D eigenvalue weighted by atomic mass is 10.2. The van der Waals surface area contributed by atoms with Gasteiger partial charge >= 0.3 is 0 Å². The molecule has 0 bridgehead atoms. The third kappa shape index (κ3) is 6.21. The summed E-state index contributed by atoms with van der Waals surface area (Å²) < 4.78 is 11.6. The SMILES string of the molecule is Cc1ccccc1OCCOc1ccc(/C=N\Nc2nc(N3CCCC3)nc(N3CCCC3)n2)cc1. The summed E-state index contributed by atoms with van der Waals surface area (Å²) in [5, 5.41) is 4.37. The largest absolute Gasteiger partial charge is 0.490 e. The van der Waals surface area contributed by atoms with E-state index in [1.165, 1.54) is 25.7 Å². The Kier molecular flexibility index (Phi) is 7.75. The van der Waals surface area contributed by atoms with Crippen LogP contribution >= 0.6 is 0 Å². The maximum atomic E-state index is 5.80. The van der Waals surface area contributed by atoms with Crippen molar-refractivity contribution in [2.45, 2.75) is 32.6 Å². The first kappa shape index (κ1) is 23.8. The summed E-state index contributed by atoms with van der Waals surface area (Å²) in [5.41, 5.74) is 5.06. The Morgan fingerprint density at radius 2 is 1.42 bits per heavy atom. The number of nitrogens with one attached hydrogen (secondary N) is 1. The van der Waals surface area contributed by atoms with Gasteiger partial charge in [-0.25, -0.2) is 5.43 Å². The highest BCUT2D eigenvalue weighted by Gasteiger charge is 2.21. The van der Waals surface area contributed by atoms with E-state index in [1.54, 1.807) is 6.21 Å². The van der Waals surface area contributed by atoms with Crippen LogP contribution in [0.25, 0.3) is 0 Å². The Labute approximate surface area is 212 Å². The van der Waals surface area contributed by atoms with E-state index in [9.17, 15) is 0 Å². The average Bonchev–Trinajstić information content (AvgIpc) is 3.64. The molecule has 0 saturated carbocycles. The van der Waals surface area contributed by atoms with Gasteiger partial charge in [-0.2, -0.15) is 20.1 Å². The molecule has 9 heteroatoms. The predicted octanol–water partition coefficient (Wildman–Crippen LogP) is 4.28. The van der Waals surface area contributed by atoms with Crippen LogP contribution in [0.2, 0.25) is 0 Å². The standard InChI is InChI=1S/C27H33N7O2/c1-21-8-2-3-9-24(21)36-19-18-35-23-12-10-22(11-13-23)20-28-32-25-29-26(33-14-4-5-15-33)31-27(30-25)34-16-6-7-17-34/h2-3,8-13,20H,4-7,14-19H2,1H3,(H,29,30,31,32)/b28-20-. The molecular weight excluding hydrogens is 454 g/mol. The minimum Gasteiger partial charge on any atom is -0.490 e. The average molecular weight is 488 g/mol. The minimum absolute atomic E-state index is 0.471. The number of para-hydroxylation sites is 1. The quantitative estimate of drug-likeness (QED) is 0.258. The second-order valence-corrected chi connectivity index (χ2v) is 9.05. The summed E-state index contributed by atoms with van der Waals surface area (Å²) in [6.45, 7) is 6.93. The van der Waals surface area contributed by atoms with Gasteiger partial charge in [0.15, 0.2) is 0 Å². The summed E-state index contributed by atoms with van der Waals surface area (Å²) in [5.74, 6) is 3.61. The van der Waals surface area contributed by atoms with E-state index >= 15 is 0 Å². The number of benzene rings is 2. The van der Waals surface area contributed by atoms with E-state index < -0.39 is 0 Å². The fraction of sp³-hybridized carbons (Fsp3) is 0.407. The zero-order valence-corrected chi connectivity index (χ0v) is 20.8. The van der Waals surface area contributed by atoms with Gasteiger partial charge in [0.1, 0.15) is 24.7 Å². The van der Waals surface area contributed by atoms with Gasteiger partial charge in [0.05, 0.1) is 6.21 Å². The van der Waals surface area contributed by atoms with Crippen LogP contribution in [-0.2, 0) is 0 Å². The number of hydrogen-bond acceptors (Lipinski definition) is 9. The number of ether oxygens (including phenoxy) is 2. The number of hydrogen-bond donors (Lipinski definition) is 1. The van der Waals surface area contributed by atoms with Crippen molar-refractivity contribution in [3.05, 3.63) is 59.7 Å². The highest BCUT2D eigenvalue weighted by molar-refractivity contribution is 5.80. The fourth-order valence-corrected chi connectivity index (χ4v) is 4.37. The molecular formula is C27H33N7O2.